The second kappa shape index (κ2) is 7.19. The Balaban J connectivity index is 1.79. The molecule has 3 N–H and O–H groups in total. The summed E-state index contributed by atoms with van der Waals surface area (Å²) in [7, 11) is 0. The lowest BCUT2D eigenvalue weighted by Crippen LogP contribution is -2.18. The normalized spacial score (nSPS) is 11.2. The Bertz CT molecular complexity index is 504. The minimum absolute atomic E-state index is 0.372. The fraction of sp³-hybridized carbons (Fsp3) is 0.500. The van der Waals surface area contributed by atoms with E-state index in [0.717, 1.165) is 30.4 Å². The zero-order valence-electron chi connectivity index (χ0n) is 11.7. The quantitative estimate of drug-likeness (QED) is 0.635. The maximum atomic E-state index is 9.90. The topological polar surface area (TPSA) is 48.0 Å². The van der Waals surface area contributed by atoms with Gasteiger partial charge in [-0.05, 0) is 43.6 Å². The van der Waals surface area contributed by atoms with Crippen molar-refractivity contribution in [3.05, 3.63) is 30.0 Å². The first-order valence-corrected chi connectivity index (χ1v) is 7.31. The number of aromatic hydroxyl groups is 1. The van der Waals surface area contributed by atoms with Gasteiger partial charge in [-0.25, -0.2) is 0 Å². The SMILES string of the molecule is CCCCCCNCCc1c[nH]c2cccc(O)c12. The summed E-state index contributed by atoms with van der Waals surface area (Å²) in [6, 6.07) is 5.61. The van der Waals surface area contributed by atoms with Gasteiger partial charge in [0.05, 0.1) is 0 Å². The van der Waals surface area contributed by atoms with Gasteiger partial charge in [-0.2, -0.15) is 0 Å². The molecular weight excluding hydrogens is 236 g/mol. The van der Waals surface area contributed by atoms with Crippen molar-refractivity contribution < 1.29 is 5.11 Å². The first-order valence-electron chi connectivity index (χ1n) is 7.31. The van der Waals surface area contributed by atoms with Gasteiger partial charge in [-0.3, -0.25) is 0 Å². The lowest BCUT2D eigenvalue weighted by atomic mass is 10.1. The number of nitrogens with one attached hydrogen (secondary N) is 2. The highest BCUT2D eigenvalue weighted by molar-refractivity contribution is 5.88. The van der Waals surface area contributed by atoms with Crippen molar-refractivity contribution in [1.82, 2.24) is 10.3 Å². The zero-order chi connectivity index (χ0) is 13.5. The van der Waals surface area contributed by atoms with E-state index in [1.165, 1.54) is 31.2 Å². The average Bonchev–Trinajstić information content (AvgIpc) is 2.82. The summed E-state index contributed by atoms with van der Waals surface area (Å²) in [5.74, 6) is 0.372. The molecule has 19 heavy (non-hydrogen) atoms. The highest BCUT2D eigenvalue weighted by Crippen LogP contribution is 2.27. The van der Waals surface area contributed by atoms with Gasteiger partial charge in [0.15, 0.2) is 0 Å². The fourth-order valence-electron chi connectivity index (χ4n) is 2.46. The molecule has 0 spiro atoms. The van der Waals surface area contributed by atoms with Gasteiger partial charge < -0.3 is 15.4 Å². The van der Waals surface area contributed by atoms with Gasteiger partial charge in [0.2, 0.25) is 0 Å². The lowest BCUT2D eigenvalue weighted by molar-refractivity contribution is 0.481. The number of aromatic amines is 1. The molecule has 0 bridgehead atoms. The highest BCUT2D eigenvalue weighted by atomic mass is 16.3. The Morgan fingerprint density at radius 1 is 1.16 bits per heavy atom. The Kier molecular flexibility index (Phi) is 5.28. The minimum Gasteiger partial charge on any atom is -0.507 e. The van der Waals surface area contributed by atoms with E-state index in [1.807, 2.05) is 18.3 Å². The lowest BCUT2D eigenvalue weighted by Gasteiger charge is -2.04. The predicted octanol–water partition coefficient (Wildman–Crippen LogP) is 3.59. The monoisotopic (exact) mass is 260 g/mol. The number of H-pyrrole nitrogens is 1. The number of hydrogen-bond donors (Lipinski definition) is 3. The van der Waals surface area contributed by atoms with E-state index < -0.39 is 0 Å². The van der Waals surface area contributed by atoms with Crippen molar-refractivity contribution in [2.45, 2.75) is 39.0 Å². The molecule has 1 heterocycles. The summed E-state index contributed by atoms with van der Waals surface area (Å²) in [5, 5.41) is 14.3. The molecule has 3 nitrogen and oxygen atoms in total. The van der Waals surface area contributed by atoms with Crippen LogP contribution >= 0.6 is 0 Å². The zero-order valence-corrected chi connectivity index (χ0v) is 11.7. The van der Waals surface area contributed by atoms with E-state index in [2.05, 4.69) is 17.2 Å². The van der Waals surface area contributed by atoms with Crippen LogP contribution in [-0.2, 0) is 6.42 Å². The minimum atomic E-state index is 0.372. The van der Waals surface area contributed by atoms with Gasteiger partial charge in [-0.15, -0.1) is 0 Å². The summed E-state index contributed by atoms with van der Waals surface area (Å²) in [4.78, 5) is 3.21. The molecule has 0 fully saturated rings. The van der Waals surface area contributed by atoms with Gasteiger partial charge in [0, 0.05) is 17.1 Å². The molecule has 0 amide bonds. The third kappa shape index (κ3) is 3.74. The van der Waals surface area contributed by atoms with Crippen LogP contribution in [0.1, 0.15) is 38.2 Å². The molecule has 0 saturated heterocycles. The molecule has 0 aliphatic heterocycles. The second-order valence-electron chi connectivity index (χ2n) is 5.07. The maximum Gasteiger partial charge on any atom is 0.125 e. The van der Waals surface area contributed by atoms with Crippen LogP contribution in [0.4, 0.5) is 0 Å². The van der Waals surface area contributed by atoms with Crippen LogP contribution in [0, 0.1) is 0 Å². The molecule has 0 atom stereocenters. The number of fused-ring (bicyclic) bond motifs is 1. The molecule has 104 valence electrons. The summed E-state index contributed by atoms with van der Waals surface area (Å²) in [5.41, 5.74) is 2.20. The maximum absolute atomic E-state index is 9.90. The van der Waals surface area contributed by atoms with Crippen molar-refractivity contribution >= 4 is 10.9 Å². The summed E-state index contributed by atoms with van der Waals surface area (Å²) < 4.78 is 0. The standard InChI is InChI=1S/C16H24N2O/c1-2-3-4-5-10-17-11-9-13-12-18-14-7-6-8-15(19)16(13)14/h6-8,12,17-19H,2-5,9-11H2,1H3. The van der Waals surface area contributed by atoms with E-state index in [4.69, 9.17) is 0 Å². The molecule has 2 aromatic rings. The van der Waals surface area contributed by atoms with Gasteiger partial charge in [-0.1, -0.05) is 32.3 Å². The predicted molar refractivity (Wildman–Crippen MR) is 80.7 cm³/mol. The Labute approximate surface area is 115 Å². The van der Waals surface area contributed by atoms with Gasteiger partial charge in [0.25, 0.3) is 0 Å². The Hall–Kier alpha value is -1.48. The molecule has 0 saturated carbocycles. The van der Waals surface area contributed by atoms with Gasteiger partial charge in [0.1, 0.15) is 5.75 Å². The molecule has 0 aliphatic rings. The molecular formula is C16H24N2O. The van der Waals surface area contributed by atoms with Crippen molar-refractivity contribution in [2.24, 2.45) is 0 Å². The summed E-state index contributed by atoms with van der Waals surface area (Å²) in [6.07, 6.45) is 8.14. The largest absolute Gasteiger partial charge is 0.507 e. The Morgan fingerprint density at radius 2 is 2.05 bits per heavy atom. The third-order valence-corrected chi connectivity index (χ3v) is 3.54. The van der Waals surface area contributed by atoms with E-state index in [-0.39, 0.29) is 0 Å². The molecule has 2 rings (SSSR count). The third-order valence-electron chi connectivity index (χ3n) is 3.54. The summed E-state index contributed by atoms with van der Waals surface area (Å²) in [6.45, 7) is 4.29. The molecule has 0 radical (unpaired) electrons. The van der Waals surface area contributed by atoms with Crippen molar-refractivity contribution in [1.29, 1.82) is 0 Å². The first kappa shape index (κ1) is 13.9. The van der Waals surface area contributed by atoms with E-state index in [0.29, 0.717) is 5.75 Å². The number of unbranched alkanes of at least 4 members (excludes halogenated alkanes) is 3. The van der Waals surface area contributed by atoms with Crippen molar-refractivity contribution in [2.75, 3.05) is 13.1 Å². The van der Waals surface area contributed by atoms with Gasteiger partial charge >= 0.3 is 0 Å². The van der Waals surface area contributed by atoms with Crippen LogP contribution in [0.5, 0.6) is 5.75 Å². The number of rotatable bonds is 8. The van der Waals surface area contributed by atoms with Crippen LogP contribution in [-0.4, -0.2) is 23.2 Å². The van der Waals surface area contributed by atoms with E-state index in [1.54, 1.807) is 6.07 Å². The van der Waals surface area contributed by atoms with Crippen LogP contribution in [0.2, 0.25) is 0 Å². The molecule has 0 aliphatic carbocycles. The average molecular weight is 260 g/mol. The molecule has 1 aromatic heterocycles. The van der Waals surface area contributed by atoms with Crippen LogP contribution in [0.3, 0.4) is 0 Å². The first-order chi connectivity index (χ1) is 9.33. The van der Waals surface area contributed by atoms with Crippen LogP contribution in [0.25, 0.3) is 10.9 Å². The molecule has 3 heteroatoms. The smallest absolute Gasteiger partial charge is 0.125 e. The van der Waals surface area contributed by atoms with Crippen LogP contribution in [0.15, 0.2) is 24.4 Å². The molecule has 0 unspecified atom stereocenters. The fourth-order valence-corrected chi connectivity index (χ4v) is 2.46. The van der Waals surface area contributed by atoms with Crippen LogP contribution < -0.4 is 5.32 Å². The number of aromatic nitrogens is 1. The summed E-state index contributed by atoms with van der Waals surface area (Å²) >= 11 is 0. The van der Waals surface area contributed by atoms with Crippen molar-refractivity contribution in [3.8, 4) is 5.75 Å². The number of phenols is 1. The Morgan fingerprint density at radius 3 is 2.89 bits per heavy atom. The highest BCUT2D eigenvalue weighted by Gasteiger charge is 2.06. The number of benzene rings is 1. The molecule has 1 aromatic carbocycles. The van der Waals surface area contributed by atoms with E-state index in [9.17, 15) is 5.11 Å². The number of phenolic OH excluding ortho intramolecular Hbond substituents is 1. The number of hydrogen-bond acceptors (Lipinski definition) is 2. The van der Waals surface area contributed by atoms with Crippen molar-refractivity contribution in [3.63, 3.8) is 0 Å². The van der Waals surface area contributed by atoms with E-state index >= 15 is 0 Å². The second-order valence-corrected chi connectivity index (χ2v) is 5.07.